The van der Waals surface area contributed by atoms with E-state index in [9.17, 15) is 17.9 Å². The Balaban J connectivity index is 2.06. The van der Waals surface area contributed by atoms with Gasteiger partial charge in [-0.3, -0.25) is 0 Å². The smallest absolute Gasteiger partial charge is 0.150 e. The predicted molar refractivity (Wildman–Crippen MR) is 81.7 cm³/mol. The molecular weight excluding hydrogens is 315 g/mol. The van der Waals surface area contributed by atoms with E-state index in [4.69, 9.17) is 11.6 Å². The molecule has 0 aromatic heterocycles. The number of hydrogen-bond acceptors (Lipinski definition) is 3. The van der Waals surface area contributed by atoms with E-state index in [1.165, 1.54) is 12.3 Å². The van der Waals surface area contributed by atoms with E-state index >= 15 is 0 Å². The minimum Gasteiger partial charge on any atom is -0.392 e. The first-order valence-electron chi connectivity index (χ1n) is 7.09. The molecule has 1 aromatic rings. The van der Waals surface area contributed by atoms with Crippen molar-refractivity contribution in [2.45, 2.75) is 43.5 Å². The molecule has 0 amide bonds. The molecule has 118 valence electrons. The average Bonchev–Trinajstić information content (AvgIpc) is 2.43. The van der Waals surface area contributed by atoms with Crippen molar-refractivity contribution in [2.75, 3.05) is 6.26 Å². The summed E-state index contributed by atoms with van der Waals surface area (Å²) in [4.78, 5) is 0. The highest BCUT2D eigenvalue weighted by Crippen LogP contribution is 2.32. The number of aliphatic hydroxyl groups is 1. The minimum absolute atomic E-state index is 0.0392. The summed E-state index contributed by atoms with van der Waals surface area (Å²) in [6, 6.07) is 4.71. The van der Waals surface area contributed by atoms with Crippen molar-refractivity contribution in [3.63, 3.8) is 0 Å². The molecule has 21 heavy (non-hydrogen) atoms. The van der Waals surface area contributed by atoms with Crippen molar-refractivity contribution in [3.8, 4) is 0 Å². The van der Waals surface area contributed by atoms with E-state index < -0.39 is 27.0 Å². The molecular formula is C15H20ClFO3S. The lowest BCUT2D eigenvalue weighted by molar-refractivity contribution is 0.0852. The molecule has 1 fully saturated rings. The molecule has 0 aliphatic heterocycles. The van der Waals surface area contributed by atoms with Gasteiger partial charge in [-0.25, -0.2) is 12.8 Å². The molecule has 3 atom stereocenters. The van der Waals surface area contributed by atoms with E-state index in [2.05, 4.69) is 0 Å². The summed E-state index contributed by atoms with van der Waals surface area (Å²) in [5, 5.41) is 9.97. The SMILES string of the molecule is CS(=O)(=O)C1CCCC(C(O)Cc2cccc(Cl)c2F)C1. The predicted octanol–water partition coefficient (Wildman–Crippen LogP) is 2.99. The quantitative estimate of drug-likeness (QED) is 0.921. The van der Waals surface area contributed by atoms with E-state index in [1.807, 2.05) is 0 Å². The number of aliphatic hydroxyl groups excluding tert-OH is 1. The van der Waals surface area contributed by atoms with Crippen molar-refractivity contribution in [1.29, 1.82) is 0 Å². The fraction of sp³-hybridized carbons (Fsp3) is 0.600. The topological polar surface area (TPSA) is 54.4 Å². The first-order valence-corrected chi connectivity index (χ1v) is 9.42. The standard InChI is InChI=1S/C15H20ClFO3S/c1-21(19,20)12-6-2-4-10(8-12)14(18)9-11-5-3-7-13(16)15(11)17/h3,5,7,10,12,14,18H,2,4,6,8-9H2,1H3. The third-order valence-corrected chi connectivity index (χ3v) is 6.21. The third-order valence-electron chi connectivity index (χ3n) is 4.28. The molecule has 1 aliphatic rings. The number of hydrogen-bond donors (Lipinski definition) is 1. The monoisotopic (exact) mass is 334 g/mol. The second-order valence-electron chi connectivity index (χ2n) is 5.86. The Morgan fingerprint density at radius 3 is 2.81 bits per heavy atom. The van der Waals surface area contributed by atoms with Gasteiger partial charge in [-0.1, -0.05) is 30.2 Å². The highest BCUT2D eigenvalue weighted by Gasteiger charge is 2.32. The van der Waals surface area contributed by atoms with Crippen molar-refractivity contribution in [3.05, 3.63) is 34.6 Å². The highest BCUT2D eigenvalue weighted by atomic mass is 35.5. The number of benzene rings is 1. The van der Waals surface area contributed by atoms with E-state index in [1.54, 1.807) is 12.1 Å². The number of halogens is 2. The van der Waals surface area contributed by atoms with Crippen molar-refractivity contribution >= 4 is 21.4 Å². The van der Waals surface area contributed by atoms with Gasteiger partial charge in [0.15, 0.2) is 0 Å². The molecule has 3 unspecified atom stereocenters. The Labute approximate surface area is 130 Å². The van der Waals surface area contributed by atoms with Gasteiger partial charge in [-0.05, 0) is 36.8 Å². The fourth-order valence-electron chi connectivity index (χ4n) is 3.02. The van der Waals surface area contributed by atoms with Crippen molar-refractivity contribution in [1.82, 2.24) is 0 Å². The summed E-state index contributed by atoms with van der Waals surface area (Å²) in [6.07, 6.45) is 3.29. The summed E-state index contributed by atoms with van der Waals surface area (Å²) in [5.41, 5.74) is 0.372. The van der Waals surface area contributed by atoms with Gasteiger partial charge in [0.25, 0.3) is 0 Å². The Morgan fingerprint density at radius 1 is 1.43 bits per heavy atom. The Hall–Kier alpha value is -0.650. The van der Waals surface area contributed by atoms with Crippen LogP contribution in [0.4, 0.5) is 4.39 Å². The summed E-state index contributed by atoms with van der Waals surface area (Å²) >= 11 is 5.73. The normalized spacial score (nSPS) is 24.8. The van der Waals surface area contributed by atoms with Gasteiger partial charge in [-0.15, -0.1) is 0 Å². The summed E-state index contributed by atoms with van der Waals surface area (Å²) in [7, 11) is -3.09. The van der Waals surface area contributed by atoms with Crippen LogP contribution < -0.4 is 0 Å². The molecule has 0 heterocycles. The molecule has 1 aromatic carbocycles. The van der Waals surface area contributed by atoms with Crippen LogP contribution in [0.3, 0.4) is 0 Å². The molecule has 0 bridgehead atoms. The second-order valence-corrected chi connectivity index (χ2v) is 8.60. The van der Waals surface area contributed by atoms with Crippen LogP contribution in [0.25, 0.3) is 0 Å². The van der Waals surface area contributed by atoms with Crippen LogP contribution in [0.1, 0.15) is 31.2 Å². The largest absolute Gasteiger partial charge is 0.392 e. The number of sulfone groups is 1. The van der Waals surface area contributed by atoms with Crippen LogP contribution >= 0.6 is 11.6 Å². The lowest BCUT2D eigenvalue weighted by atomic mass is 9.83. The maximum absolute atomic E-state index is 13.9. The molecule has 0 radical (unpaired) electrons. The van der Waals surface area contributed by atoms with Crippen LogP contribution in [0.15, 0.2) is 18.2 Å². The molecule has 1 N–H and O–H groups in total. The van der Waals surface area contributed by atoms with Crippen LogP contribution in [-0.2, 0) is 16.3 Å². The third kappa shape index (κ3) is 4.18. The fourth-order valence-corrected chi connectivity index (χ4v) is 4.40. The maximum Gasteiger partial charge on any atom is 0.150 e. The first kappa shape index (κ1) is 16.7. The van der Waals surface area contributed by atoms with Gasteiger partial charge in [0, 0.05) is 12.7 Å². The molecule has 3 nitrogen and oxygen atoms in total. The van der Waals surface area contributed by atoms with Crippen LogP contribution in [-0.4, -0.2) is 31.1 Å². The summed E-state index contributed by atoms with van der Waals surface area (Å²) in [5.74, 6) is -0.620. The lowest BCUT2D eigenvalue weighted by Gasteiger charge is -2.31. The van der Waals surface area contributed by atoms with Gasteiger partial charge >= 0.3 is 0 Å². The van der Waals surface area contributed by atoms with E-state index in [-0.39, 0.29) is 17.4 Å². The van der Waals surface area contributed by atoms with Gasteiger partial charge in [0.2, 0.25) is 0 Å². The van der Waals surface area contributed by atoms with Gasteiger partial charge in [0.1, 0.15) is 15.7 Å². The van der Waals surface area contributed by atoms with Crippen LogP contribution in [0, 0.1) is 11.7 Å². The molecule has 1 saturated carbocycles. The molecule has 0 saturated heterocycles. The van der Waals surface area contributed by atoms with Gasteiger partial charge < -0.3 is 5.11 Å². The zero-order valence-electron chi connectivity index (χ0n) is 11.9. The minimum atomic E-state index is -3.09. The molecule has 6 heteroatoms. The van der Waals surface area contributed by atoms with Crippen molar-refractivity contribution < 1.29 is 17.9 Å². The van der Waals surface area contributed by atoms with E-state index in [0.29, 0.717) is 18.4 Å². The first-order chi connectivity index (χ1) is 9.79. The number of rotatable bonds is 4. The average molecular weight is 335 g/mol. The Kier molecular flexibility index (Phi) is 5.28. The van der Waals surface area contributed by atoms with E-state index in [0.717, 1.165) is 12.8 Å². The lowest BCUT2D eigenvalue weighted by Crippen LogP contribution is -2.34. The molecule has 1 aliphatic carbocycles. The zero-order valence-corrected chi connectivity index (χ0v) is 13.5. The van der Waals surface area contributed by atoms with Gasteiger partial charge in [-0.2, -0.15) is 0 Å². The summed E-state index contributed by atoms with van der Waals surface area (Å²) in [6.45, 7) is 0. The van der Waals surface area contributed by atoms with Crippen molar-refractivity contribution in [2.24, 2.45) is 5.92 Å². The maximum atomic E-state index is 13.9. The van der Waals surface area contributed by atoms with Crippen LogP contribution in [0.5, 0.6) is 0 Å². The van der Waals surface area contributed by atoms with Crippen LogP contribution in [0.2, 0.25) is 5.02 Å². The second kappa shape index (κ2) is 6.63. The molecule has 0 spiro atoms. The Morgan fingerprint density at radius 2 is 2.14 bits per heavy atom. The summed E-state index contributed by atoms with van der Waals surface area (Å²) < 4.78 is 37.2. The molecule has 2 rings (SSSR count). The highest BCUT2D eigenvalue weighted by molar-refractivity contribution is 7.91. The van der Waals surface area contributed by atoms with Gasteiger partial charge in [0.05, 0.1) is 16.4 Å². The zero-order chi connectivity index (χ0) is 15.6. The Bertz CT molecular complexity index is 603.